The molecular formula is C29H45F4NO3. The number of alkyl halides is 3. The standard InChI is InChI=1S/C29H45F4NO3/c1-4-5-6-7-8-9-10-11-12-13-14-15-16-17-18-37-28(36)26(22(2)3)34-27(35)23-19-24(29(31,32)33)21-25(30)20-23/h19-22,26H,4-18H2,1-3H3,(H,34,35). The first kappa shape index (κ1) is 32.9. The Labute approximate surface area is 219 Å². The predicted molar refractivity (Wildman–Crippen MR) is 139 cm³/mol. The summed E-state index contributed by atoms with van der Waals surface area (Å²) in [4.78, 5) is 24.9. The molecule has 4 nitrogen and oxygen atoms in total. The third-order valence-corrected chi connectivity index (χ3v) is 6.44. The summed E-state index contributed by atoms with van der Waals surface area (Å²) in [5.41, 5.74) is -1.77. The molecule has 8 heteroatoms. The Kier molecular flexibility index (Phi) is 16.2. The van der Waals surface area contributed by atoms with Gasteiger partial charge in [0.15, 0.2) is 0 Å². The van der Waals surface area contributed by atoms with Gasteiger partial charge in [0.25, 0.3) is 5.91 Å². The molecule has 0 fully saturated rings. The van der Waals surface area contributed by atoms with E-state index >= 15 is 0 Å². The van der Waals surface area contributed by atoms with E-state index in [-0.39, 0.29) is 12.5 Å². The van der Waals surface area contributed by atoms with Crippen molar-refractivity contribution in [2.75, 3.05) is 6.61 Å². The molecule has 1 unspecified atom stereocenters. The van der Waals surface area contributed by atoms with Crippen LogP contribution in [-0.4, -0.2) is 24.5 Å². The third-order valence-electron chi connectivity index (χ3n) is 6.44. The maximum absolute atomic E-state index is 13.6. The first-order valence-corrected chi connectivity index (χ1v) is 13.9. The molecule has 0 radical (unpaired) electrons. The maximum atomic E-state index is 13.6. The second-order valence-corrected chi connectivity index (χ2v) is 10.2. The molecule has 0 bridgehead atoms. The van der Waals surface area contributed by atoms with Crippen molar-refractivity contribution in [2.45, 2.75) is 123 Å². The van der Waals surface area contributed by atoms with Crippen molar-refractivity contribution >= 4 is 11.9 Å². The highest BCUT2D eigenvalue weighted by Gasteiger charge is 2.33. The fourth-order valence-electron chi connectivity index (χ4n) is 4.17. The van der Waals surface area contributed by atoms with Gasteiger partial charge in [0, 0.05) is 5.56 Å². The van der Waals surface area contributed by atoms with Crippen LogP contribution in [-0.2, 0) is 15.7 Å². The third kappa shape index (κ3) is 14.4. The van der Waals surface area contributed by atoms with Gasteiger partial charge in [-0.2, -0.15) is 13.2 Å². The monoisotopic (exact) mass is 531 g/mol. The summed E-state index contributed by atoms with van der Waals surface area (Å²) >= 11 is 0. The molecule has 0 aromatic heterocycles. The summed E-state index contributed by atoms with van der Waals surface area (Å²) in [5, 5.41) is 2.39. The zero-order chi connectivity index (χ0) is 27.7. The van der Waals surface area contributed by atoms with Crippen LogP contribution in [0.3, 0.4) is 0 Å². The van der Waals surface area contributed by atoms with Gasteiger partial charge in [-0.3, -0.25) is 4.79 Å². The number of carbonyl (C=O) groups is 2. The first-order chi connectivity index (χ1) is 17.6. The number of hydrogen-bond donors (Lipinski definition) is 1. The number of esters is 1. The molecular weight excluding hydrogens is 486 g/mol. The highest BCUT2D eigenvalue weighted by atomic mass is 19.4. The van der Waals surface area contributed by atoms with Gasteiger partial charge >= 0.3 is 12.1 Å². The van der Waals surface area contributed by atoms with Gasteiger partial charge in [-0.05, 0) is 30.5 Å². The van der Waals surface area contributed by atoms with Gasteiger partial charge in [0.2, 0.25) is 0 Å². The average molecular weight is 532 g/mol. The molecule has 0 saturated heterocycles. The molecule has 0 saturated carbocycles. The lowest BCUT2D eigenvalue weighted by atomic mass is 10.0. The lowest BCUT2D eigenvalue weighted by molar-refractivity contribution is -0.147. The van der Waals surface area contributed by atoms with Crippen LogP contribution in [0.25, 0.3) is 0 Å². The quantitative estimate of drug-likeness (QED) is 0.110. The van der Waals surface area contributed by atoms with E-state index in [1.54, 1.807) is 13.8 Å². The highest BCUT2D eigenvalue weighted by Crippen LogP contribution is 2.30. The minimum atomic E-state index is -4.79. The Hall–Kier alpha value is -2.12. The molecule has 212 valence electrons. The number of halogens is 4. The molecule has 0 aliphatic rings. The molecule has 1 aromatic carbocycles. The van der Waals surface area contributed by atoms with E-state index in [4.69, 9.17) is 4.74 Å². The smallest absolute Gasteiger partial charge is 0.416 e. The SMILES string of the molecule is CCCCCCCCCCCCCCCCOC(=O)C(NC(=O)c1cc(F)cc(C(F)(F)F)c1)C(C)C. The first-order valence-electron chi connectivity index (χ1n) is 13.9. The Morgan fingerprint density at radius 2 is 1.30 bits per heavy atom. The zero-order valence-electron chi connectivity index (χ0n) is 22.7. The van der Waals surface area contributed by atoms with Crippen molar-refractivity contribution in [3.8, 4) is 0 Å². The highest BCUT2D eigenvalue weighted by molar-refractivity contribution is 5.97. The Morgan fingerprint density at radius 1 is 0.811 bits per heavy atom. The summed E-state index contributed by atoms with van der Waals surface area (Å²) in [7, 11) is 0. The second-order valence-electron chi connectivity index (χ2n) is 10.2. The van der Waals surface area contributed by atoms with Crippen molar-refractivity contribution in [1.29, 1.82) is 0 Å². The average Bonchev–Trinajstić information content (AvgIpc) is 2.83. The van der Waals surface area contributed by atoms with Crippen LogP contribution >= 0.6 is 0 Å². The normalized spacial score (nSPS) is 12.5. The van der Waals surface area contributed by atoms with E-state index in [9.17, 15) is 27.2 Å². The molecule has 0 heterocycles. The van der Waals surface area contributed by atoms with Crippen LogP contribution in [0.4, 0.5) is 17.6 Å². The van der Waals surface area contributed by atoms with Crippen LogP contribution in [0, 0.1) is 11.7 Å². The van der Waals surface area contributed by atoms with Gasteiger partial charge in [-0.25, -0.2) is 9.18 Å². The molecule has 0 aliphatic carbocycles. The van der Waals surface area contributed by atoms with E-state index in [1.165, 1.54) is 64.2 Å². The summed E-state index contributed by atoms with van der Waals surface area (Å²) < 4.78 is 57.7. The van der Waals surface area contributed by atoms with Crippen LogP contribution in [0.5, 0.6) is 0 Å². The van der Waals surface area contributed by atoms with Gasteiger partial charge < -0.3 is 10.1 Å². The van der Waals surface area contributed by atoms with Crippen molar-refractivity contribution in [3.63, 3.8) is 0 Å². The number of carbonyl (C=O) groups excluding carboxylic acids is 2. The van der Waals surface area contributed by atoms with Crippen molar-refractivity contribution in [2.24, 2.45) is 5.92 Å². The summed E-state index contributed by atoms with van der Waals surface area (Å²) in [6, 6.07) is 0.552. The fraction of sp³-hybridized carbons (Fsp3) is 0.724. The van der Waals surface area contributed by atoms with Crippen LogP contribution in [0.2, 0.25) is 0 Å². The number of unbranched alkanes of at least 4 members (excludes halogenated alkanes) is 13. The molecule has 37 heavy (non-hydrogen) atoms. The number of ether oxygens (including phenoxy) is 1. The van der Waals surface area contributed by atoms with Gasteiger partial charge in [0.1, 0.15) is 11.9 Å². The van der Waals surface area contributed by atoms with Gasteiger partial charge in [-0.1, -0.05) is 104 Å². The molecule has 0 aliphatic heterocycles. The minimum Gasteiger partial charge on any atom is -0.464 e. The predicted octanol–water partition coefficient (Wildman–Crippen LogP) is 8.62. The Balaban J connectivity index is 2.27. The number of nitrogens with one attached hydrogen (secondary N) is 1. The topological polar surface area (TPSA) is 55.4 Å². The lowest BCUT2D eigenvalue weighted by Gasteiger charge is -2.21. The maximum Gasteiger partial charge on any atom is 0.416 e. The number of rotatable bonds is 19. The zero-order valence-corrected chi connectivity index (χ0v) is 22.7. The van der Waals surface area contributed by atoms with E-state index in [0.717, 1.165) is 19.3 Å². The minimum absolute atomic E-state index is 0.216. The number of benzene rings is 1. The molecule has 1 aromatic rings. The number of amides is 1. The van der Waals surface area contributed by atoms with Crippen molar-refractivity contribution < 1.29 is 31.9 Å². The molecule has 1 N–H and O–H groups in total. The van der Waals surface area contributed by atoms with Crippen molar-refractivity contribution in [1.82, 2.24) is 5.32 Å². The van der Waals surface area contributed by atoms with Crippen LogP contribution in [0.1, 0.15) is 127 Å². The van der Waals surface area contributed by atoms with E-state index in [2.05, 4.69) is 12.2 Å². The summed E-state index contributed by atoms with van der Waals surface area (Å²) in [6.45, 7) is 5.82. The van der Waals surface area contributed by atoms with Crippen LogP contribution in [0.15, 0.2) is 18.2 Å². The van der Waals surface area contributed by atoms with E-state index < -0.39 is 41.0 Å². The molecule has 1 rings (SSSR count). The molecule has 1 atom stereocenters. The fourth-order valence-corrected chi connectivity index (χ4v) is 4.17. The second kappa shape index (κ2) is 18.2. The largest absolute Gasteiger partial charge is 0.464 e. The van der Waals surface area contributed by atoms with Crippen LogP contribution < -0.4 is 5.32 Å². The lowest BCUT2D eigenvalue weighted by Crippen LogP contribution is -2.45. The Bertz CT molecular complexity index is 796. The van der Waals surface area contributed by atoms with E-state index in [0.29, 0.717) is 24.6 Å². The summed E-state index contributed by atoms with van der Waals surface area (Å²) in [5.74, 6) is -3.15. The van der Waals surface area contributed by atoms with Crippen molar-refractivity contribution in [3.05, 3.63) is 35.1 Å². The Morgan fingerprint density at radius 3 is 1.76 bits per heavy atom. The summed E-state index contributed by atoms with van der Waals surface area (Å²) in [6.07, 6.45) is 12.2. The number of hydrogen-bond acceptors (Lipinski definition) is 3. The molecule has 1 amide bonds. The molecule has 0 spiro atoms. The van der Waals surface area contributed by atoms with Gasteiger partial charge in [0.05, 0.1) is 12.2 Å². The van der Waals surface area contributed by atoms with E-state index in [1.807, 2.05) is 0 Å². The van der Waals surface area contributed by atoms with Gasteiger partial charge in [-0.15, -0.1) is 0 Å².